The summed E-state index contributed by atoms with van der Waals surface area (Å²) in [5.41, 5.74) is 0.739. The van der Waals surface area contributed by atoms with Crippen molar-refractivity contribution in [3.8, 4) is 0 Å². The number of halogens is 2. The molecule has 0 bridgehead atoms. The van der Waals surface area contributed by atoms with Gasteiger partial charge in [0, 0.05) is 11.3 Å². The topological polar surface area (TPSA) is 83.6 Å². The molecule has 26 heavy (non-hydrogen) atoms. The highest BCUT2D eigenvalue weighted by Crippen LogP contribution is 2.28. The van der Waals surface area contributed by atoms with E-state index >= 15 is 0 Å². The van der Waals surface area contributed by atoms with Crippen LogP contribution < -0.4 is 9.62 Å². The van der Waals surface area contributed by atoms with Crippen LogP contribution in [0.5, 0.6) is 0 Å². The zero-order chi connectivity index (χ0) is 19.1. The Morgan fingerprint density at radius 2 is 1.88 bits per heavy atom. The van der Waals surface area contributed by atoms with Crippen LogP contribution in [0.3, 0.4) is 0 Å². The fourth-order valence-electron chi connectivity index (χ4n) is 2.61. The lowest BCUT2D eigenvalue weighted by Crippen LogP contribution is -2.30. The summed E-state index contributed by atoms with van der Waals surface area (Å²) in [6.07, 6.45) is 0. The Kier molecular flexibility index (Phi) is 4.72. The van der Waals surface area contributed by atoms with Crippen molar-refractivity contribution in [1.29, 1.82) is 0 Å². The number of sulfonamides is 1. The summed E-state index contributed by atoms with van der Waals surface area (Å²) in [6, 6.07) is 9.36. The molecule has 2 amide bonds. The molecule has 1 aliphatic heterocycles. The number of hydrogen-bond donors (Lipinski definition) is 1. The van der Waals surface area contributed by atoms with Crippen molar-refractivity contribution >= 4 is 44.8 Å². The smallest absolute Gasteiger partial charge is 0.255 e. The predicted octanol–water partition coefficient (Wildman–Crippen LogP) is 3.04. The average Bonchev–Trinajstić information content (AvgIpc) is 2.78. The molecule has 1 N–H and O–H groups in total. The highest BCUT2D eigenvalue weighted by Gasteiger charge is 2.41. The highest BCUT2D eigenvalue weighted by molar-refractivity contribution is 7.94. The fraction of sp³-hybridized carbons (Fsp3) is 0.176. The minimum absolute atomic E-state index is 0.120. The van der Waals surface area contributed by atoms with Gasteiger partial charge < -0.3 is 5.32 Å². The van der Waals surface area contributed by atoms with E-state index in [1.165, 1.54) is 36.4 Å². The molecule has 136 valence electrons. The Hall–Kier alpha value is -2.45. The first-order valence-corrected chi connectivity index (χ1v) is 9.61. The summed E-state index contributed by atoms with van der Waals surface area (Å²) in [7, 11) is -3.70. The van der Waals surface area contributed by atoms with Crippen molar-refractivity contribution < 1.29 is 22.4 Å². The number of hydrogen-bond acceptors (Lipinski definition) is 4. The monoisotopic (exact) mass is 396 g/mol. The van der Waals surface area contributed by atoms with E-state index in [0.717, 1.165) is 10.4 Å². The summed E-state index contributed by atoms with van der Waals surface area (Å²) in [5.74, 6) is -2.42. The molecule has 0 spiro atoms. The molecule has 9 heteroatoms. The van der Waals surface area contributed by atoms with Crippen molar-refractivity contribution in [2.45, 2.75) is 6.92 Å². The largest absolute Gasteiger partial charge is 0.322 e. The van der Waals surface area contributed by atoms with Gasteiger partial charge in [-0.3, -0.25) is 9.59 Å². The second-order valence-electron chi connectivity index (χ2n) is 5.91. The van der Waals surface area contributed by atoms with Crippen LogP contribution in [0.15, 0.2) is 42.5 Å². The molecular weight excluding hydrogens is 383 g/mol. The van der Waals surface area contributed by atoms with Gasteiger partial charge in [0.15, 0.2) is 0 Å². The van der Waals surface area contributed by atoms with Gasteiger partial charge in [-0.1, -0.05) is 18.5 Å². The molecule has 1 heterocycles. The third kappa shape index (κ3) is 3.42. The Labute approximate surface area is 154 Å². The number of amides is 2. The minimum atomic E-state index is -3.70. The van der Waals surface area contributed by atoms with Crippen LogP contribution in [0, 0.1) is 11.7 Å². The molecule has 0 saturated carbocycles. The van der Waals surface area contributed by atoms with Crippen LogP contribution in [-0.2, 0) is 14.8 Å². The number of carbonyl (C=O) groups excluding carboxylic acids is 2. The first kappa shape index (κ1) is 18.3. The Morgan fingerprint density at radius 3 is 2.42 bits per heavy atom. The molecule has 1 saturated heterocycles. The average molecular weight is 397 g/mol. The molecule has 6 nitrogen and oxygen atoms in total. The molecule has 2 aromatic carbocycles. The van der Waals surface area contributed by atoms with Gasteiger partial charge in [-0.05, 0) is 42.5 Å². The standard InChI is InChI=1S/C17H14ClFN2O4S/c1-10-9-26(24,25)21(17(10)23)13-5-2-11(3-6-13)16(22)20-12-4-7-15(19)14(18)8-12/h2-8,10H,9H2,1H3,(H,20,22)/t10-/m1/s1. The maximum Gasteiger partial charge on any atom is 0.255 e. The lowest BCUT2D eigenvalue weighted by atomic mass is 10.1. The van der Waals surface area contributed by atoms with Crippen LogP contribution in [0.1, 0.15) is 17.3 Å². The van der Waals surface area contributed by atoms with E-state index in [-0.39, 0.29) is 22.0 Å². The van der Waals surface area contributed by atoms with E-state index in [4.69, 9.17) is 11.6 Å². The van der Waals surface area contributed by atoms with E-state index < -0.39 is 33.6 Å². The summed E-state index contributed by atoms with van der Waals surface area (Å²) in [5, 5.41) is 2.44. The van der Waals surface area contributed by atoms with Crippen molar-refractivity contribution in [2.24, 2.45) is 5.92 Å². The second kappa shape index (κ2) is 6.69. The number of nitrogens with one attached hydrogen (secondary N) is 1. The lowest BCUT2D eigenvalue weighted by molar-refractivity contribution is -0.119. The van der Waals surface area contributed by atoms with Crippen molar-refractivity contribution in [2.75, 3.05) is 15.4 Å². The van der Waals surface area contributed by atoms with Crippen LogP contribution in [-0.4, -0.2) is 26.0 Å². The number of anilines is 2. The number of benzene rings is 2. The molecule has 1 fully saturated rings. The quantitative estimate of drug-likeness (QED) is 0.864. The summed E-state index contributed by atoms with van der Waals surface area (Å²) in [6.45, 7) is 1.55. The van der Waals surface area contributed by atoms with Gasteiger partial charge in [0.05, 0.1) is 22.4 Å². The van der Waals surface area contributed by atoms with Gasteiger partial charge in [0.2, 0.25) is 15.9 Å². The normalized spacial score (nSPS) is 18.8. The fourth-order valence-corrected chi connectivity index (χ4v) is 4.61. The molecule has 1 atom stereocenters. The number of carbonyl (C=O) groups is 2. The first-order chi connectivity index (χ1) is 12.2. The van der Waals surface area contributed by atoms with Crippen LogP contribution in [0.2, 0.25) is 5.02 Å². The highest BCUT2D eigenvalue weighted by atomic mass is 35.5. The molecule has 0 aromatic heterocycles. The third-order valence-electron chi connectivity index (χ3n) is 3.90. The van der Waals surface area contributed by atoms with Gasteiger partial charge >= 0.3 is 0 Å². The van der Waals surface area contributed by atoms with Gasteiger partial charge in [0.1, 0.15) is 5.82 Å². The lowest BCUT2D eigenvalue weighted by Gasteiger charge is -2.15. The van der Waals surface area contributed by atoms with E-state index in [9.17, 15) is 22.4 Å². The Morgan fingerprint density at radius 1 is 1.23 bits per heavy atom. The molecule has 0 radical (unpaired) electrons. The molecule has 0 aliphatic carbocycles. The van der Waals surface area contributed by atoms with Crippen LogP contribution >= 0.6 is 11.6 Å². The second-order valence-corrected chi connectivity index (χ2v) is 8.18. The predicted molar refractivity (Wildman–Crippen MR) is 96.2 cm³/mol. The van der Waals surface area contributed by atoms with Gasteiger partial charge in [0.25, 0.3) is 5.91 Å². The Bertz CT molecular complexity index is 992. The first-order valence-electron chi connectivity index (χ1n) is 7.62. The molecular formula is C17H14ClFN2O4S. The molecule has 2 aromatic rings. The number of nitrogens with zero attached hydrogens (tertiary/aromatic N) is 1. The van der Waals surface area contributed by atoms with E-state index in [1.54, 1.807) is 6.92 Å². The summed E-state index contributed by atoms with van der Waals surface area (Å²) in [4.78, 5) is 24.3. The van der Waals surface area contributed by atoms with Gasteiger partial charge in [-0.2, -0.15) is 0 Å². The summed E-state index contributed by atoms with van der Waals surface area (Å²) >= 11 is 5.67. The van der Waals surface area contributed by atoms with Crippen molar-refractivity contribution in [1.82, 2.24) is 0 Å². The molecule has 1 aliphatic rings. The zero-order valence-electron chi connectivity index (χ0n) is 13.6. The maximum atomic E-state index is 13.1. The van der Waals surface area contributed by atoms with Crippen LogP contribution in [0.25, 0.3) is 0 Å². The Balaban J connectivity index is 1.80. The van der Waals surface area contributed by atoms with E-state index in [1.807, 2.05) is 0 Å². The van der Waals surface area contributed by atoms with Gasteiger partial charge in [-0.15, -0.1) is 0 Å². The van der Waals surface area contributed by atoms with E-state index in [2.05, 4.69) is 5.32 Å². The maximum absolute atomic E-state index is 13.1. The van der Waals surface area contributed by atoms with Crippen LogP contribution in [0.4, 0.5) is 15.8 Å². The number of rotatable bonds is 3. The van der Waals surface area contributed by atoms with Crippen molar-refractivity contribution in [3.63, 3.8) is 0 Å². The minimum Gasteiger partial charge on any atom is -0.322 e. The van der Waals surface area contributed by atoms with E-state index in [0.29, 0.717) is 5.69 Å². The third-order valence-corrected chi connectivity index (χ3v) is 6.06. The SMILES string of the molecule is C[C@@H]1CS(=O)(=O)N(c2ccc(C(=O)Nc3ccc(F)c(Cl)c3)cc2)C1=O. The van der Waals surface area contributed by atoms with Crippen molar-refractivity contribution in [3.05, 3.63) is 58.9 Å². The summed E-state index contributed by atoms with van der Waals surface area (Å²) < 4.78 is 38.1. The zero-order valence-corrected chi connectivity index (χ0v) is 15.1. The van der Waals surface area contributed by atoms with Gasteiger partial charge in [-0.25, -0.2) is 17.1 Å². The molecule has 0 unspecified atom stereocenters. The molecule has 3 rings (SSSR count).